The van der Waals surface area contributed by atoms with Gasteiger partial charge in [-0.1, -0.05) is 62.9 Å². The van der Waals surface area contributed by atoms with Gasteiger partial charge < -0.3 is 10.4 Å². The van der Waals surface area contributed by atoms with Crippen molar-refractivity contribution in [1.29, 1.82) is 0 Å². The van der Waals surface area contributed by atoms with Gasteiger partial charge in [-0.25, -0.2) is 0 Å². The van der Waals surface area contributed by atoms with E-state index in [4.69, 9.17) is 0 Å². The first-order chi connectivity index (χ1) is 10.3. The van der Waals surface area contributed by atoms with Crippen molar-refractivity contribution >= 4 is 0 Å². The van der Waals surface area contributed by atoms with Crippen LogP contribution in [0, 0.1) is 5.92 Å². The van der Waals surface area contributed by atoms with E-state index in [1.807, 2.05) is 6.07 Å². The molecule has 3 atom stereocenters. The second-order valence-corrected chi connectivity index (χ2v) is 6.60. The lowest BCUT2D eigenvalue weighted by atomic mass is 9.95. The van der Waals surface area contributed by atoms with E-state index in [1.165, 1.54) is 50.5 Å². The van der Waals surface area contributed by atoms with Gasteiger partial charge in [0.15, 0.2) is 0 Å². The highest BCUT2D eigenvalue weighted by molar-refractivity contribution is 5.16. The summed E-state index contributed by atoms with van der Waals surface area (Å²) in [5, 5.41) is 13.4. The summed E-state index contributed by atoms with van der Waals surface area (Å²) in [7, 11) is 0. The predicted molar refractivity (Wildman–Crippen MR) is 89.4 cm³/mol. The standard InChI is InChI=1S/C19H31NO/c1-2-7-16-10-6-11-18(13-12-16)20-19(15-21)14-17-8-4-3-5-9-17/h3-5,8-9,16,18-21H,2,6-7,10-15H2,1H3/t16?,18?,19-/m0/s1. The molecule has 0 saturated heterocycles. The smallest absolute Gasteiger partial charge is 0.0587 e. The highest BCUT2D eigenvalue weighted by Gasteiger charge is 2.20. The van der Waals surface area contributed by atoms with Crippen molar-refractivity contribution in [3.63, 3.8) is 0 Å². The molecule has 1 fully saturated rings. The van der Waals surface area contributed by atoms with E-state index in [2.05, 4.69) is 36.5 Å². The number of aliphatic hydroxyl groups is 1. The number of rotatable bonds is 7. The zero-order chi connectivity index (χ0) is 14.9. The largest absolute Gasteiger partial charge is 0.395 e. The van der Waals surface area contributed by atoms with Gasteiger partial charge in [0.1, 0.15) is 0 Å². The summed E-state index contributed by atoms with van der Waals surface area (Å²) in [6.07, 6.45) is 10.3. The number of aliphatic hydroxyl groups excluding tert-OH is 1. The highest BCUT2D eigenvalue weighted by Crippen LogP contribution is 2.27. The summed E-state index contributed by atoms with van der Waals surface area (Å²) in [5.74, 6) is 0.934. The molecule has 0 aromatic heterocycles. The number of benzene rings is 1. The zero-order valence-corrected chi connectivity index (χ0v) is 13.4. The minimum absolute atomic E-state index is 0.195. The van der Waals surface area contributed by atoms with Crippen LogP contribution < -0.4 is 5.32 Å². The Labute approximate surface area is 130 Å². The van der Waals surface area contributed by atoms with E-state index >= 15 is 0 Å². The third kappa shape index (κ3) is 5.80. The van der Waals surface area contributed by atoms with Crippen LogP contribution in [0.4, 0.5) is 0 Å². The maximum absolute atomic E-state index is 9.66. The van der Waals surface area contributed by atoms with E-state index in [9.17, 15) is 5.11 Å². The van der Waals surface area contributed by atoms with Crippen LogP contribution in [0.15, 0.2) is 30.3 Å². The minimum Gasteiger partial charge on any atom is -0.395 e. The van der Waals surface area contributed by atoms with E-state index in [1.54, 1.807) is 0 Å². The van der Waals surface area contributed by atoms with Crippen molar-refractivity contribution in [3.8, 4) is 0 Å². The van der Waals surface area contributed by atoms with E-state index in [0.29, 0.717) is 6.04 Å². The molecule has 1 aliphatic carbocycles. The van der Waals surface area contributed by atoms with Gasteiger partial charge in [0, 0.05) is 12.1 Å². The number of hydrogen-bond donors (Lipinski definition) is 2. The predicted octanol–water partition coefficient (Wildman–Crippen LogP) is 3.93. The zero-order valence-electron chi connectivity index (χ0n) is 13.4. The van der Waals surface area contributed by atoms with Crippen LogP contribution in [0.25, 0.3) is 0 Å². The Kier molecular flexibility index (Phi) is 7.25. The topological polar surface area (TPSA) is 32.3 Å². The highest BCUT2D eigenvalue weighted by atomic mass is 16.3. The third-order valence-electron chi connectivity index (χ3n) is 4.80. The molecule has 0 bridgehead atoms. The normalized spacial score (nSPS) is 24.5. The molecule has 1 saturated carbocycles. The van der Waals surface area contributed by atoms with E-state index in [0.717, 1.165) is 12.3 Å². The Morgan fingerprint density at radius 1 is 1.14 bits per heavy atom. The first-order valence-electron chi connectivity index (χ1n) is 8.72. The van der Waals surface area contributed by atoms with Gasteiger partial charge in [-0.05, 0) is 37.2 Å². The van der Waals surface area contributed by atoms with Crippen molar-refractivity contribution in [1.82, 2.24) is 5.32 Å². The van der Waals surface area contributed by atoms with Crippen LogP contribution in [0.1, 0.15) is 57.4 Å². The van der Waals surface area contributed by atoms with Crippen LogP contribution in [0.2, 0.25) is 0 Å². The maximum atomic E-state index is 9.66. The first-order valence-corrected chi connectivity index (χ1v) is 8.72. The summed E-state index contributed by atoms with van der Waals surface area (Å²) < 4.78 is 0. The Bertz CT molecular complexity index is 378. The monoisotopic (exact) mass is 289 g/mol. The van der Waals surface area contributed by atoms with Gasteiger partial charge in [0.05, 0.1) is 6.61 Å². The van der Waals surface area contributed by atoms with Gasteiger partial charge in [-0.15, -0.1) is 0 Å². The van der Waals surface area contributed by atoms with Gasteiger partial charge in [-0.3, -0.25) is 0 Å². The molecule has 2 N–H and O–H groups in total. The van der Waals surface area contributed by atoms with Crippen LogP contribution in [0.5, 0.6) is 0 Å². The summed E-state index contributed by atoms with van der Waals surface area (Å²) in [5.41, 5.74) is 1.31. The average molecular weight is 289 g/mol. The van der Waals surface area contributed by atoms with Crippen molar-refractivity contribution in [3.05, 3.63) is 35.9 Å². The van der Waals surface area contributed by atoms with Crippen molar-refractivity contribution in [2.24, 2.45) is 5.92 Å². The molecule has 1 aromatic rings. The quantitative estimate of drug-likeness (QED) is 0.745. The second-order valence-electron chi connectivity index (χ2n) is 6.60. The SMILES string of the molecule is CCCC1CCCC(N[C@H](CO)Cc2ccccc2)CC1. The molecule has 21 heavy (non-hydrogen) atoms. The molecule has 0 heterocycles. The fourth-order valence-electron chi connectivity index (χ4n) is 3.65. The van der Waals surface area contributed by atoms with Crippen molar-refractivity contribution < 1.29 is 5.11 Å². The van der Waals surface area contributed by atoms with Gasteiger partial charge >= 0.3 is 0 Å². The van der Waals surface area contributed by atoms with Crippen molar-refractivity contribution in [2.75, 3.05) is 6.61 Å². The molecule has 2 unspecified atom stereocenters. The molecule has 2 nitrogen and oxygen atoms in total. The molecule has 0 aliphatic heterocycles. The summed E-state index contributed by atoms with van der Waals surface area (Å²) in [6.45, 7) is 2.52. The first kappa shape index (κ1) is 16.5. The average Bonchev–Trinajstić information content (AvgIpc) is 2.73. The fraction of sp³-hybridized carbons (Fsp3) is 0.684. The second kappa shape index (κ2) is 9.22. The summed E-state index contributed by atoms with van der Waals surface area (Å²) in [6, 6.07) is 11.3. The van der Waals surface area contributed by atoms with E-state index in [-0.39, 0.29) is 12.6 Å². The number of nitrogens with one attached hydrogen (secondary N) is 1. The van der Waals surface area contributed by atoms with Crippen LogP contribution in [0.3, 0.4) is 0 Å². The van der Waals surface area contributed by atoms with Crippen LogP contribution >= 0.6 is 0 Å². The third-order valence-corrected chi connectivity index (χ3v) is 4.80. The number of hydrogen-bond acceptors (Lipinski definition) is 2. The Morgan fingerprint density at radius 2 is 1.95 bits per heavy atom. The molecule has 1 aromatic carbocycles. The fourth-order valence-corrected chi connectivity index (χ4v) is 3.65. The van der Waals surface area contributed by atoms with Gasteiger partial charge in [-0.2, -0.15) is 0 Å². The Balaban J connectivity index is 1.81. The van der Waals surface area contributed by atoms with Gasteiger partial charge in [0.25, 0.3) is 0 Å². The van der Waals surface area contributed by atoms with E-state index < -0.39 is 0 Å². The maximum Gasteiger partial charge on any atom is 0.0587 e. The summed E-state index contributed by atoms with van der Waals surface area (Å²) in [4.78, 5) is 0. The molecule has 118 valence electrons. The molecule has 0 amide bonds. The Morgan fingerprint density at radius 3 is 2.67 bits per heavy atom. The molecule has 0 spiro atoms. The molecule has 0 radical (unpaired) electrons. The van der Waals surface area contributed by atoms with Crippen LogP contribution in [-0.4, -0.2) is 23.8 Å². The minimum atomic E-state index is 0.195. The lowest BCUT2D eigenvalue weighted by Gasteiger charge is -2.24. The van der Waals surface area contributed by atoms with Crippen molar-refractivity contribution in [2.45, 2.75) is 70.4 Å². The molecular formula is C19H31NO. The molecule has 1 aliphatic rings. The Hall–Kier alpha value is -0.860. The van der Waals surface area contributed by atoms with Gasteiger partial charge in [0.2, 0.25) is 0 Å². The molecular weight excluding hydrogens is 258 g/mol. The lowest BCUT2D eigenvalue weighted by Crippen LogP contribution is -2.41. The molecule has 2 rings (SSSR count). The molecule has 2 heteroatoms. The summed E-state index contributed by atoms with van der Waals surface area (Å²) >= 11 is 0. The lowest BCUT2D eigenvalue weighted by molar-refractivity contribution is 0.225. The van der Waals surface area contributed by atoms with Crippen LogP contribution in [-0.2, 0) is 6.42 Å².